The second-order valence-electron chi connectivity index (χ2n) is 9.28. The average Bonchev–Trinajstić information content (AvgIpc) is 3.33. The van der Waals surface area contributed by atoms with Crippen LogP contribution in [0.1, 0.15) is 36.1 Å². The topological polar surface area (TPSA) is 79.3 Å². The third-order valence-corrected chi connectivity index (χ3v) is 6.26. The van der Waals surface area contributed by atoms with Crippen LogP contribution in [-0.2, 0) is 16.0 Å². The van der Waals surface area contributed by atoms with Gasteiger partial charge < -0.3 is 24.4 Å². The number of rotatable bonds is 9. The van der Waals surface area contributed by atoms with Gasteiger partial charge in [0.2, 0.25) is 0 Å². The normalized spacial score (nSPS) is 20.7. The standard InChI is InChI=1S/C28H32N2O5/c1-5-14-34-22-9-6-8-19(17-22)25-24(27(32)28(33)30(25)13-7-12-29(3)4)26(31)20-10-11-23-21(16-20)15-18(2)35-23/h5-6,8-11,16-18,25,31H,1,7,12-15H2,2-4H3/b26-24+/t18-,25+/m0/s1. The summed E-state index contributed by atoms with van der Waals surface area (Å²) < 4.78 is 11.5. The zero-order valence-electron chi connectivity index (χ0n) is 20.5. The van der Waals surface area contributed by atoms with E-state index in [0.717, 1.165) is 24.3 Å². The molecule has 0 aromatic heterocycles. The van der Waals surface area contributed by atoms with Crippen LogP contribution in [0.3, 0.4) is 0 Å². The number of Topliss-reactive ketones (excluding diaryl/α,β-unsaturated/α-hetero) is 1. The van der Waals surface area contributed by atoms with Gasteiger partial charge in [-0.25, -0.2) is 0 Å². The van der Waals surface area contributed by atoms with Crippen molar-refractivity contribution >= 4 is 17.4 Å². The van der Waals surface area contributed by atoms with E-state index in [0.29, 0.717) is 36.4 Å². The van der Waals surface area contributed by atoms with Crippen LogP contribution in [0.2, 0.25) is 0 Å². The number of amides is 1. The van der Waals surface area contributed by atoms with E-state index >= 15 is 0 Å². The van der Waals surface area contributed by atoms with Crippen molar-refractivity contribution in [2.75, 3.05) is 33.8 Å². The SMILES string of the molecule is C=CCOc1cccc([C@@H]2/C(=C(\O)c3ccc4c(c3)C[C@H](C)O4)C(=O)C(=O)N2CCCN(C)C)c1. The van der Waals surface area contributed by atoms with Crippen molar-refractivity contribution in [3.8, 4) is 11.5 Å². The van der Waals surface area contributed by atoms with Crippen LogP contribution in [0.5, 0.6) is 11.5 Å². The molecule has 35 heavy (non-hydrogen) atoms. The fourth-order valence-corrected chi connectivity index (χ4v) is 4.67. The maximum Gasteiger partial charge on any atom is 0.295 e. The van der Waals surface area contributed by atoms with E-state index < -0.39 is 17.7 Å². The molecule has 2 atom stereocenters. The molecule has 184 valence electrons. The van der Waals surface area contributed by atoms with Crippen molar-refractivity contribution in [2.24, 2.45) is 0 Å². The van der Waals surface area contributed by atoms with E-state index in [1.54, 1.807) is 23.1 Å². The monoisotopic (exact) mass is 476 g/mol. The molecule has 2 aromatic rings. The molecule has 0 radical (unpaired) electrons. The summed E-state index contributed by atoms with van der Waals surface area (Å²) in [7, 11) is 3.93. The molecule has 0 bridgehead atoms. The number of nitrogens with zero attached hydrogens (tertiary/aromatic N) is 2. The first kappa shape index (κ1) is 24.5. The average molecular weight is 477 g/mol. The Balaban J connectivity index is 1.78. The molecule has 2 aliphatic heterocycles. The van der Waals surface area contributed by atoms with Crippen LogP contribution < -0.4 is 9.47 Å². The second-order valence-corrected chi connectivity index (χ2v) is 9.28. The number of hydrogen-bond donors (Lipinski definition) is 1. The van der Waals surface area contributed by atoms with Crippen LogP contribution in [0.15, 0.2) is 60.7 Å². The van der Waals surface area contributed by atoms with Gasteiger partial charge in [-0.15, -0.1) is 0 Å². The lowest BCUT2D eigenvalue weighted by Gasteiger charge is -2.26. The van der Waals surface area contributed by atoms with Crippen molar-refractivity contribution in [3.05, 3.63) is 77.4 Å². The molecule has 0 spiro atoms. The van der Waals surface area contributed by atoms with Gasteiger partial charge in [0.1, 0.15) is 30.0 Å². The molecule has 1 N–H and O–H groups in total. The van der Waals surface area contributed by atoms with Crippen molar-refractivity contribution in [1.29, 1.82) is 0 Å². The smallest absolute Gasteiger partial charge is 0.295 e. The number of aliphatic hydroxyl groups excluding tert-OH is 1. The summed E-state index contributed by atoms with van der Waals surface area (Å²) in [6, 6.07) is 12.0. The molecule has 1 amide bonds. The summed E-state index contributed by atoms with van der Waals surface area (Å²) in [6.45, 7) is 7.15. The Morgan fingerprint density at radius 1 is 1.26 bits per heavy atom. The van der Waals surface area contributed by atoms with Gasteiger partial charge in [0.05, 0.1) is 11.6 Å². The van der Waals surface area contributed by atoms with Crippen LogP contribution in [0.25, 0.3) is 5.76 Å². The maximum atomic E-state index is 13.3. The Bertz CT molecular complexity index is 1170. The first-order valence-corrected chi connectivity index (χ1v) is 11.9. The fourth-order valence-electron chi connectivity index (χ4n) is 4.67. The van der Waals surface area contributed by atoms with Crippen LogP contribution in [-0.4, -0.2) is 66.5 Å². The molecule has 0 aliphatic carbocycles. The molecule has 2 aromatic carbocycles. The zero-order valence-corrected chi connectivity index (χ0v) is 20.5. The number of likely N-dealkylation sites (tertiary alicyclic amines) is 1. The Kier molecular flexibility index (Phi) is 7.26. The molecule has 2 aliphatic rings. The summed E-state index contributed by atoms with van der Waals surface area (Å²) in [6.07, 6.45) is 3.12. The molecule has 1 saturated heterocycles. The highest BCUT2D eigenvalue weighted by Gasteiger charge is 2.46. The van der Waals surface area contributed by atoms with Crippen LogP contribution in [0, 0.1) is 0 Å². The number of carbonyl (C=O) groups excluding carboxylic acids is 2. The molecule has 7 heteroatoms. The van der Waals surface area contributed by atoms with E-state index in [-0.39, 0.29) is 17.4 Å². The third-order valence-electron chi connectivity index (χ3n) is 6.26. The van der Waals surface area contributed by atoms with Crippen LogP contribution in [0.4, 0.5) is 0 Å². The molecule has 4 rings (SSSR count). The van der Waals surface area contributed by atoms with E-state index in [2.05, 4.69) is 6.58 Å². The maximum absolute atomic E-state index is 13.3. The van der Waals surface area contributed by atoms with E-state index in [9.17, 15) is 14.7 Å². The molecule has 0 saturated carbocycles. The van der Waals surface area contributed by atoms with Gasteiger partial charge in [-0.05, 0) is 75.4 Å². The van der Waals surface area contributed by atoms with Gasteiger partial charge in [-0.1, -0.05) is 24.8 Å². The Morgan fingerprint density at radius 2 is 2.06 bits per heavy atom. The number of benzene rings is 2. The van der Waals surface area contributed by atoms with Crippen molar-refractivity contribution in [1.82, 2.24) is 9.80 Å². The number of fused-ring (bicyclic) bond motifs is 1. The zero-order chi connectivity index (χ0) is 25.1. The lowest BCUT2D eigenvalue weighted by Crippen LogP contribution is -2.32. The number of ketones is 1. The molecule has 0 unspecified atom stereocenters. The quantitative estimate of drug-likeness (QED) is 0.256. The summed E-state index contributed by atoms with van der Waals surface area (Å²) in [5, 5.41) is 11.4. The largest absolute Gasteiger partial charge is 0.507 e. The van der Waals surface area contributed by atoms with E-state index in [4.69, 9.17) is 9.47 Å². The number of ether oxygens (including phenoxy) is 2. The fraction of sp³-hybridized carbons (Fsp3) is 0.357. The first-order valence-electron chi connectivity index (χ1n) is 11.9. The predicted octanol–water partition coefficient (Wildman–Crippen LogP) is 3.95. The van der Waals surface area contributed by atoms with Gasteiger partial charge in [-0.3, -0.25) is 9.59 Å². The summed E-state index contributed by atoms with van der Waals surface area (Å²) in [5.74, 6) is -0.0827. The van der Waals surface area contributed by atoms with Gasteiger partial charge in [-0.2, -0.15) is 0 Å². The Hall–Kier alpha value is -3.58. The van der Waals surface area contributed by atoms with Crippen molar-refractivity contribution in [3.63, 3.8) is 0 Å². The second kappa shape index (κ2) is 10.4. The molecule has 1 fully saturated rings. The van der Waals surface area contributed by atoms with E-state index in [1.807, 2.05) is 56.3 Å². The number of aliphatic hydroxyl groups is 1. The summed E-state index contributed by atoms with van der Waals surface area (Å²) >= 11 is 0. The lowest BCUT2D eigenvalue weighted by atomic mass is 9.94. The Morgan fingerprint density at radius 3 is 2.80 bits per heavy atom. The van der Waals surface area contributed by atoms with Gasteiger partial charge in [0, 0.05) is 18.5 Å². The minimum atomic E-state index is -0.715. The number of hydrogen-bond acceptors (Lipinski definition) is 6. The van der Waals surface area contributed by atoms with Crippen LogP contribution >= 0.6 is 0 Å². The third kappa shape index (κ3) is 5.10. The van der Waals surface area contributed by atoms with Gasteiger partial charge in [0.15, 0.2) is 0 Å². The van der Waals surface area contributed by atoms with Crippen molar-refractivity contribution in [2.45, 2.75) is 31.9 Å². The van der Waals surface area contributed by atoms with Gasteiger partial charge in [0.25, 0.3) is 11.7 Å². The highest BCUT2D eigenvalue weighted by Crippen LogP contribution is 2.41. The van der Waals surface area contributed by atoms with Gasteiger partial charge >= 0.3 is 0 Å². The summed E-state index contributed by atoms with van der Waals surface area (Å²) in [4.78, 5) is 30.0. The number of carbonyl (C=O) groups is 2. The van der Waals surface area contributed by atoms with Crippen molar-refractivity contribution < 1.29 is 24.2 Å². The highest BCUT2D eigenvalue weighted by atomic mass is 16.5. The minimum absolute atomic E-state index is 0.0583. The predicted molar refractivity (Wildman–Crippen MR) is 135 cm³/mol. The molecule has 2 heterocycles. The minimum Gasteiger partial charge on any atom is -0.507 e. The first-order chi connectivity index (χ1) is 16.8. The Labute approximate surface area is 206 Å². The molecule has 7 nitrogen and oxygen atoms in total. The van der Waals surface area contributed by atoms with E-state index in [1.165, 1.54) is 0 Å². The summed E-state index contributed by atoms with van der Waals surface area (Å²) in [5.41, 5.74) is 2.26. The molecular formula is C28H32N2O5. The molecular weight excluding hydrogens is 444 g/mol. The lowest BCUT2D eigenvalue weighted by molar-refractivity contribution is -0.139. The highest BCUT2D eigenvalue weighted by molar-refractivity contribution is 6.46.